The predicted molar refractivity (Wildman–Crippen MR) is 60.3 cm³/mol. The zero-order chi connectivity index (χ0) is 11.5. The molecule has 2 heterocycles. The first kappa shape index (κ1) is 10.5. The molecule has 0 N–H and O–H groups in total. The van der Waals surface area contributed by atoms with Crippen LogP contribution in [0, 0.1) is 6.92 Å². The number of carbonyl (C=O) groups is 1. The molecule has 0 aliphatic carbocycles. The highest BCUT2D eigenvalue weighted by molar-refractivity contribution is 6.08. The molecule has 16 heavy (non-hydrogen) atoms. The summed E-state index contributed by atoms with van der Waals surface area (Å²) in [6.45, 7) is 4.62. The van der Waals surface area contributed by atoms with Gasteiger partial charge in [-0.3, -0.25) is 14.5 Å². The van der Waals surface area contributed by atoms with Crippen LogP contribution in [-0.2, 0) is 6.54 Å². The van der Waals surface area contributed by atoms with E-state index in [0.29, 0.717) is 11.3 Å². The monoisotopic (exact) mass is 215 g/mol. The van der Waals surface area contributed by atoms with E-state index >= 15 is 0 Å². The van der Waals surface area contributed by atoms with E-state index < -0.39 is 0 Å². The highest BCUT2D eigenvalue weighted by Crippen LogP contribution is 2.10. The Labute approximate surface area is 93.9 Å². The molecule has 0 spiro atoms. The minimum Gasteiger partial charge on any atom is -0.287 e. The molecule has 2 aromatic rings. The van der Waals surface area contributed by atoms with Crippen LogP contribution in [-0.4, -0.2) is 20.5 Å². The van der Waals surface area contributed by atoms with Crippen LogP contribution in [0.15, 0.2) is 30.7 Å². The van der Waals surface area contributed by atoms with Crippen LogP contribution in [0.5, 0.6) is 0 Å². The lowest BCUT2D eigenvalue weighted by Crippen LogP contribution is -2.05. The number of ketones is 1. The van der Waals surface area contributed by atoms with E-state index in [2.05, 4.69) is 10.1 Å². The lowest BCUT2D eigenvalue weighted by atomic mass is 10.1. The van der Waals surface area contributed by atoms with E-state index in [1.54, 1.807) is 23.3 Å². The Morgan fingerprint density at radius 2 is 2.31 bits per heavy atom. The molecular weight excluding hydrogens is 202 g/mol. The van der Waals surface area contributed by atoms with Gasteiger partial charge in [0.1, 0.15) is 5.69 Å². The summed E-state index contributed by atoms with van der Waals surface area (Å²) in [7, 11) is 0. The van der Waals surface area contributed by atoms with Gasteiger partial charge in [0.05, 0.1) is 11.8 Å². The van der Waals surface area contributed by atoms with Crippen LogP contribution in [0.3, 0.4) is 0 Å². The minimum atomic E-state index is -0.0715. The third-order valence-corrected chi connectivity index (χ3v) is 2.44. The van der Waals surface area contributed by atoms with Gasteiger partial charge in [-0.1, -0.05) is 6.07 Å². The molecule has 0 atom stereocenters. The SMILES string of the molecule is CCn1cc(C(=O)c2ncccc2C)cn1. The molecular formula is C12H13N3O. The summed E-state index contributed by atoms with van der Waals surface area (Å²) in [5.74, 6) is -0.0715. The Bertz CT molecular complexity index is 516. The van der Waals surface area contributed by atoms with Gasteiger partial charge in [-0.15, -0.1) is 0 Å². The van der Waals surface area contributed by atoms with Gasteiger partial charge in [0.25, 0.3) is 0 Å². The second-order valence-corrected chi connectivity index (χ2v) is 3.58. The molecule has 0 aromatic carbocycles. The Kier molecular flexibility index (Phi) is 2.81. The molecule has 0 aliphatic heterocycles. The molecule has 0 radical (unpaired) electrons. The third-order valence-electron chi connectivity index (χ3n) is 2.44. The number of rotatable bonds is 3. The highest BCUT2D eigenvalue weighted by atomic mass is 16.1. The van der Waals surface area contributed by atoms with Crippen LogP contribution in [0.4, 0.5) is 0 Å². The van der Waals surface area contributed by atoms with Gasteiger partial charge in [0, 0.05) is 18.9 Å². The summed E-state index contributed by atoms with van der Waals surface area (Å²) in [6, 6.07) is 3.70. The Morgan fingerprint density at radius 1 is 1.50 bits per heavy atom. The van der Waals surface area contributed by atoms with Crippen LogP contribution >= 0.6 is 0 Å². The van der Waals surface area contributed by atoms with Crippen molar-refractivity contribution in [3.05, 3.63) is 47.5 Å². The molecule has 4 nitrogen and oxygen atoms in total. The second-order valence-electron chi connectivity index (χ2n) is 3.58. The number of pyridine rings is 1. The van der Waals surface area contributed by atoms with E-state index in [1.807, 2.05) is 26.0 Å². The molecule has 2 rings (SSSR count). The Morgan fingerprint density at radius 3 is 2.94 bits per heavy atom. The van der Waals surface area contributed by atoms with Crippen LogP contribution < -0.4 is 0 Å². The van der Waals surface area contributed by atoms with Gasteiger partial charge in [0.2, 0.25) is 5.78 Å². The van der Waals surface area contributed by atoms with Crippen molar-refractivity contribution in [2.75, 3.05) is 0 Å². The van der Waals surface area contributed by atoms with Crippen molar-refractivity contribution < 1.29 is 4.79 Å². The lowest BCUT2D eigenvalue weighted by molar-refractivity contribution is 0.103. The molecule has 0 fully saturated rings. The minimum absolute atomic E-state index is 0.0715. The van der Waals surface area contributed by atoms with Gasteiger partial charge in [0.15, 0.2) is 0 Å². The number of aromatic nitrogens is 3. The fourth-order valence-electron chi connectivity index (χ4n) is 1.51. The molecule has 0 saturated heterocycles. The second kappa shape index (κ2) is 4.26. The summed E-state index contributed by atoms with van der Waals surface area (Å²) >= 11 is 0. The summed E-state index contributed by atoms with van der Waals surface area (Å²) < 4.78 is 1.73. The smallest absolute Gasteiger partial charge is 0.214 e. The van der Waals surface area contributed by atoms with Gasteiger partial charge >= 0.3 is 0 Å². The van der Waals surface area contributed by atoms with E-state index in [-0.39, 0.29) is 5.78 Å². The van der Waals surface area contributed by atoms with E-state index in [4.69, 9.17) is 0 Å². The average molecular weight is 215 g/mol. The number of hydrogen-bond acceptors (Lipinski definition) is 3. The third kappa shape index (κ3) is 1.86. The number of carbonyl (C=O) groups excluding carboxylic acids is 1. The molecule has 82 valence electrons. The zero-order valence-corrected chi connectivity index (χ0v) is 9.34. The largest absolute Gasteiger partial charge is 0.287 e. The summed E-state index contributed by atoms with van der Waals surface area (Å²) in [6.07, 6.45) is 4.96. The van der Waals surface area contributed by atoms with E-state index in [9.17, 15) is 4.79 Å². The molecule has 4 heteroatoms. The van der Waals surface area contributed by atoms with Gasteiger partial charge < -0.3 is 0 Å². The van der Waals surface area contributed by atoms with Gasteiger partial charge in [-0.05, 0) is 25.5 Å². The van der Waals surface area contributed by atoms with Crippen molar-refractivity contribution >= 4 is 5.78 Å². The molecule has 2 aromatic heterocycles. The average Bonchev–Trinajstić information content (AvgIpc) is 2.77. The van der Waals surface area contributed by atoms with Crippen molar-refractivity contribution in [2.45, 2.75) is 20.4 Å². The predicted octanol–water partition coefficient (Wildman–Crippen LogP) is 1.84. The maximum absolute atomic E-state index is 12.1. The molecule has 0 unspecified atom stereocenters. The van der Waals surface area contributed by atoms with Crippen LogP contribution in [0.1, 0.15) is 28.5 Å². The van der Waals surface area contributed by atoms with Crippen LogP contribution in [0.2, 0.25) is 0 Å². The van der Waals surface area contributed by atoms with Crippen molar-refractivity contribution in [3.8, 4) is 0 Å². The summed E-state index contributed by atoms with van der Waals surface area (Å²) in [4.78, 5) is 16.2. The molecule has 0 bridgehead atoms. The van der Waals surface area contributed by atoms with Gasteiger partial charge in [-0.2, -0.15) is 5.10 Å². The summed E-state index contributed by atoms with van der Waals surface area (Å²) in [5, 5.41) is 4.08. The van der Waals surface area contributed by atoms with Crippen molar-refractivity contribution in [2.24, 2.45) is 0 Å². The first-order valence-corrected chi connectivity index (χ1v) is 5.21. The molecule has 0 aliphatic rings. The first-order chi connectivity index (χ1) is 7.72. The Balaban J connectivity index is 2.35. The van der Waals surface area contributed by atoms with E-state index in [0.717, 1.165) is 12.1 Å². The normalized spacial score (nSPS) is 10.4. The first-order valence-electron chi connectivity index (χ1n) is 5.21. The maximum atomic E-state index is 12.1. The van der Waals surface area contributed by atoms with E-state index in [1.165, 1.54) is 0 Å². The lowest BCUT2D eigenvalue weighted by Gasteiger charge is -2.00. The molecule has 0 saturated carbocycles. The van der Waals surface area contributed by atoms with Crippen molar-refractivity contribution in [1.29, 1.82) is 0 Å². The topological polar surface area (TPSA) is 47.8 Å². The fourth-order valence-corrected chi connectivity index (χ4v) is 1.51. The number of hydrogen-bond donors (Lipinski definition) is 0. The summed E-state index contributed by atoms with van der Waals surface area (Å²) in [5.41, 5.74) is 1.97. The standard InChI is InChI=1S/C12H13N3O/c1-3-15-8-10(7-14-15)12(16)11-9(2)5-4-6-13-11/h4-8H,3H2,1-2H3. The number of aryl methyl sites for hydroxylation is 2. The molecule has 0 amide bonds. The highest BCUT2D eigenvalue weighted by Gasteiger charge is 2.14. The van der Waals surface area contributed by atoms with Gasteiger partial charge in [-0.25, -0.2) is 0 Å². The fraction of sp³-hybridized carbons (Fsp3) is 0.250. The Hall–Kier alpha value is -1.97. The quantitative estimate of drug-likeness (QED) is 0.734. The zero-order valence-electron chi connectivity index (χ0n) is 9.34. The van der Waals surface area contributed by atoms with Crippen molar-refractivity contribution in [1.82, 2.24) is 14.8 Å². The maximum Gasteiger partial charge on any atom is 0.214 e. The van der Waals surface area contributed by atoms with Crippen molar-refractivity contribution in [3.63, 3.8) is 0 Å². The van der Waals surface area contributed by atoms with Crippen LogP contribution in [0.25, 0.3) is 0 Å². The number of nitrogens with zero attached hydrogens (tertiary/aromatic N) is 3.